The third kappa shape index (κ3) is 2.80. The fourth-order valence-corrected chi connectivity index (χ4v) is 3.19. The highest BCUT2D eigenvalue weighted by molar-refractivity contribution is 7.07. The van der Waals surface area contributed by atoms with E-state index < -0.39 is 0 Å². The third-order valence-electron chi connectivity index (χ3n) is 3.35. The Labute approximate surface area is 125 Å². The number of nitrogens with one attached hydrogen (secondary N) is 1. The van der Waals surface area contributed by atoms with Gasteiger partial charge in [0.05, 0.1) is 6.54 Å². The molecule has 5 nitrogen and oxygen atoms in total. The lowest BCUT2D eigenvalue weighted by molar-refractivity contribution is -0.110. The number of carbonyl (C=O) groups excluding carboxylic acids is 1. The predicted molar refractivity (Wildman–Crippen MR) is 83.1 cm³/mol. The van der Waals surface area contributed by atoms with Crippen LogP contribution in [0.3, 0.4) is 0 Å². The van der Waals surface area contributed by atoms with Crippen LogP contribution in [0.25, 0.3) is 6.08 Å². The first kappa shape index (κ1) is 13.8. The second-order valence-electron chi connectivity index (χ2n) is 4.77. The molecule has 0 spiro atoms. The number of rotatable bonds is 3. The van der Waals surface area contributed by atoms with Crippen LogP contribution in [0.4, 0.5) is 5.69 Å². The first-order chi connectivity index (χ1) is 10.2. The number of aryl methyl sites for hydroxylation is 1. The molecule has 1 aliphatic heterocycles. The zero-order valence-corrected chi connectivity index (χ0v) is 12.4. The largest absolute Gasteiger partial charge is 0.322 e. The van der Waals surface area contributed by atoms with Gasteiger partial charge in [0.2, 0.25) is 5.91 Å². The highest BCUT2D eigenvalue weighted by Gasteiger charge is 2.10. The van der Waals surface area contributed by atoms with Crippen molar-refractivity contribution in [2.45, 2.75) is 19.9 Å². The van der Waals surface area contributed by atoms with Gasteiger partial charge < -0.3 is 5.32 Å². The van der Waals surface area contributed by atoms with Crippen LogP contribution in [0.15, 0.2) is 34.1 Å². The number of carbonyl (C=O) groups is 1. The van der Waals surface area contributed by atoms with E-state index in [2.05, 4.69) is 17.2 Å². The SMILES string of the molecule is CCc1ccc(NC(=O)/C=c2/sc3n(c2=O)CCN=3)cc1. The van der Waals surface area contributed by atoms with Crippen molar-refractivity contribution in [1.29, 1.82) is 0 Å². The fourth-order valence-electron chi connectivity index (χ4n) is 2.19. The van der Waals surface area contributed by atoms with Crippen LogP contribution in [0, 0.1) is 0 Å². The highest BCUT2D eigenvalue weighted by Crippen LogP contribution is 2.09. The Bertz CT molecular complexity index is 847. The monoisotopic (exact) mass is 301 g/mol. The summed E-state index contributed by atoms with van der Waals surface area (Å²) in [5.74, 6) is -0.295. The molecule has 0 unspecified atom stereocenters. The van der Waals surface area contributed by atoms with Gasteiger partial charge in [-0.15, -0.1) is 0 Å². The van der Waals surface area contributed by atoms with Gasteiger partial charge in [0.15, 0.2) is 4.80 Å². The van der Waals surface area contributed by atoms with Gasteiger partial charge in [-0.25, -0.2) is 0 Å². The number of aromatic nitrogens is 1. The summed E-state index contributed by atoms with van der Waals surface area (Å²) in [7, 11) is 0. The first-order valence-electron chi connectivity index (χ1n) is 6.83. The minimum Gasteiger partial charge on any atom is -0.322 e. The lowest BCUT2D eigenvalue weighted by atomic mass is 10.1. The first-order valence-corrected chi connectivity index (χ1v) is 7.65. The standard InChI is InChI=1S/C15H15N3O2S/c1-2-10-3-5-11(6-4-10)17-13(19)9-12-14(20)18-8-7-16-15(18)21-12/h3-6,9H,2,7-8H2,1H3,(H,17,19)/b12-9+. The minimum atomic E-state index is -0.295. The molecule has 2 heterocycles. The second-order valence-corrected chi connectivity index (χ2v) is 5.78. The summed E-state index contributed by atoms with van der Waals surface area (Å²) in [5, 5.41) is 2.77. The molecule has 0 bridgehead atoms. The second kappa shape index (κ2) is 5.65. The predicted octanol–water partition coefficient (Wildman–Crippen LogP) is 0.525. The van der Waals surface area contributed by atoms with Crippen LogP contribution in [0.2, 0.25) is 0 Å². The van der Waals surface area contributed by atoms with Crippen molar-refractivity contribution in [1.82, 2.24) is 4.57 Å². The lowest BCUT2D eigenvalue weighted by Crippen LogP contribution is -2.30. The molecule has 6 heteroatoms. The molecule has 0 radical (unpaired) electrons. The topological polar surface area (TPSA) is 63.5 Å². The maximum Gasteiger partial charge on any atom is 0.270 e. The minimum absolute atomic E-state index is 0.132. The van der Waals surface area contributed by atoms with E-state index in [0.29, 0.717) is 22.4 Å². The molecule has 21 heavy (non-hydrogen) atoms. The van der Waals surface area contributed by atoms with E-state index in [9.17, 15) is 9.59 Å². The maximum absolute atomic E-state index is 12.0. The van der Waals surface area contributed by atoms with E-state index in [1.54, 1.807) is 4.57 Å². The van der Waals surface area contributed by atoms with E-state index in [-0.39, 0.29) is 11.5 Å². The van der Waals surface area contributed by atoms with Crippen LogP contribution >= 0.6 is 11.3 Å². The van der Waals surface area contributed by atoms with Gasteiger partial charge in [-0.05, 0) is 24.1 Å². The van der Waals surface area contributed by atoms with Crippen molar-refractivity contribution >= 4 is 29.0 Å². The zero-order chi connectivity index (χ0) is 14.8. The number of benzene rings is 1. The molecule has 1 amide bonds. The van der Waals surface area contributed by atoms with Gasteiger partial charge in [-0.3, -0.25) is 19.1 Å². The normalized spacial score (nSPS) is 13.9. The maximum atomic E-state index is 12.0. The average Bonchev–Trinajstić information content (AvgIpc) is 3.04. The Balaban J connectivity index is 1.83. The molecule has 2 aromatic rings. The number of hydrogen-bond donors (Lipinski definition) is 1. The van der Waals surface area contributed by atoms with Gasteiger partial charge in [0, 0.05) is 18.3 Å². The summed E-state index contributed by atoms with van der Waals surface area (Å²) in [5.41, 5.74) is 1.81. The van der Waals surface area contributed by atoms with Gasteiger partial charge in [0.25, 0.3) is 5.56 Å². The molecular formula is C15H15N3O2S. The van der Waals surface area contributed by atoms with Crippen molar-refractivity contribution in [3.63, 3.8) is 0 Å². The van der Waals surface area contributed by atoms with E-state index in [1.165, 1.54) is 23.0 Å². The number of thiazole rings is 1. The lowest BCUT2D eigenvalue weighted by Gasteiger charge is -2.02. The van der Waals surface area contributed by atoms with Crippen molar-refractivity contribution in [2.75, 3.05) is 11.9 Å². The quantitative estimate of drug-likeness (QED) is 0.898. The van der Waals surface area contributed by atoms with Gasteiger partial charge in [-0.2, -0.15) is 0 Å². The third-order valence-corrected chi connectivity index (χ3v) is 4.40. The Hall–Kier alpha value is -2.21. The van der Waals surface area contributed by atoms with E-state index in [4.69, 9.17) is 0 Å². The van der Waals surface area contributed by atoms with Gasteiger partial charge >= 0.3 is 0 Å². The molecule has 1 N–H and O–H groups in total. The smallest absolute Gasteiger partial charge is 0.270 e. The van der Waals surface area contributed by atoms with Crippen LogP contribution in [-0.2, 0) is 17.8 Å². The van der Waals surface area contributed by atoms with Crippen molar-refractivity contribution in [3.8, 4) is 0 Å². The van der Waals surface area contributed by atoms with E-state index >= 15 is 0 Å². The average molecular weight is 301 g/mol. The summed E-state index contributed by atoms with van der Waals surface area (Å²) in [6.07, 6.45) is 2.31. The van der Waals surface area contributed by atoms with Crippen LogP contribution in [-0.4, -0.2) is 17.0 Å². The number of nitrogens with zero attached hydrogens (tertiary/aromatic N) is 2. The Morgan fingerprint density at radius 3 is 2.86 bits per heavy atom. The molecule has 0 aliphatic carbocycles. The number of fused-ring (bicyclic) bond motifs is 1. The van der Waals surface area contributed by atoms with E-state index in [1.807, 2.05) is 24.3 Å². The number of amides is 1. The molecular weight excluding hydrogens is 286 g/mol. The molecule has 108 valence electrons. The fraction of sp³-hybridized carbons (Fsp3) is 0.267. The van der Waals surface area contributed by atoms with Crippen LogP contribution in [0.5, 0.6) is 0 Å². The molecule has 0 saturated heterocycles. The van der Waals surface area contributed by atoms with E-state index in [0.717, 1.165) is 12.1 Å². The summed E-state index contributed by atoms with van der Waals surface area (Å²) in [6, 6.07) is 7.68. The molecule has 1 aliphatic rings. The Morgan fingerprint density at radius 1 is 1.43 bits per heavy atom. The molecule has 0 saturated carbocycles. The molecule has 1 aromatic heterocycles. The van der Waals surface area contributed by atoms with Crippen LogP contribution < -0.4 is 20.2 Å². The highest BCUT2D eigenvalue weighted by atomic mass is 32.1. The van der Waals surface area contributed by atoms with Crippen LogP contribution in [0.1, 0.15) is 12.5 Å². The summed E-state index contributed by atoms with van der Waals surface area (Å²) in [4.78, 5) is 28.9. The zero-order valence-electron chi connectivity index (χ0n) is 11.6. The molecule has 1 aromatic carbocycles. The van der Waals surface area contributed by atoms with Crippen molar-refractivity contribution < 1.29 is 4.79 Å². The molecule has 3 rings (SSSR count). The number of hydrogen-bond acceptors (Lipinski definition) is 4. The van der Waals surface area contributed by atoms with Gasteiger partial charge in [-0.1, -0.05) is 30.4 Å². The van der Waals surface area contributed by atoms with Crippen molar-refractivity contribution in [3.05, 3.63) is 49.5 Å². The molecule has 0 atom stereocenters. The van der Waals surface area contributed by atoms with Gasteiger partial charge in [0.1, 0.15) is 4.53 Å². The Kier molecular flexibility index (Phi) is 3.70. The summed E-state index contributed by atoms with van der Waals surface area (Å²) < 4.78 is 2.04. The molecule has 0 fully saturated rings. The summed E-state index contributed by atoms with van der Waals surface area (Å²) in [6.45, 7) is 3.34. The van der Waals surface area contributed by atoms with Crippen molar-refractivity contribution in [2.24, 2.45) is 4.99 Å². The Morgan fingerprint density at radius 2 is 2.19 bits per heavy atom. The number of anilines is 1. The summed E-state index contributed by atoms with van der Waals surface area (Å²) >= 11 is 1.26.